The van der Waals surface area contributed by atoms with Gasteiger partial charge < -0.3 is 34.2 Å². The molecule has 0 aromatic carbocycles. The Morgan fingerprint density at radius 2 is 1.44 bits per heavy atom. The van der Waals surface area contributed by atoms with E-state index in [1.165, 1.54) is 0 Å². The van der Waals surface area contributed by atoms with Crippen molar-refractivity contribution in [2.24, 2.45) is 0 Å². The summed E-state index contributed by atoms with van der Waals surface area (Å²) in [6.45, 7) is -0.962. The highest BCUT2D eigenvalue weighted by molar-refractivity contribution is 7.53. The Kier molecular flexibility index (Phi) is 8.04. The summed E-state index contributed by atoms with van der Waals surface area (Å²) < 4.78 is 45.1. The van der Waals surface area contributed by atoms with Gasteiger partial charge in [-0.25, -0.2) is 9.13 Å². The summed E-state index contributed by atoms with van der Waals surface area (Å²) in [5.41, 5.74) is 0. The SMILES string of the molecule is CO[C@H]1OC(CO)[C@@H](OP(=O)(O)O)C(OP(=O)(O)O)[C@@H]1O[P+](O)(O)O. The monoisotopic (exact) mass is 435 g/mol. The number of phosphoric acid groups is 2. The van der Waals surface area contributed by atoms with Crippen LogP contribution < -0.4 is 0 Å². The highest BCUT2D eigenvalue weighted by atomic mass is 31.2. The summed E-state index contributed by atoms with van der Waals surface area (Å²) in [6, 6.07) is 0. The molecular weight excluding hydrogens is 417 g/mol. The zero-order valence-electron chi connectivity index (χ0n) is 12.4. The second-order valence-corrected chi connectivity index (χ2v) is 8.29. The predicted octanol–water partition coefficient (Wildman–Crippen LogP) is -2.65. The molecule has 15 nitrogen and oxygen atoms in total. The van der Waals surface area contributed by atoms with Crippen molar-refractivity contribution in [1.29, 1.82) is 0 Å². The molecule has 0 bridgehead atoms. The maximum absolute atomic E-state index is 11.2. The van der Waals surface area contributed by atoms with Crippen molar-refractivity contribution in [2.45, 2.75) is 30.7 Å². The molecule has 0 spiro atoms. The molecule has 0 aromatic rings. The number of aliphatic hydroxyl groups is 1. The largest absolute Gasteiger partial charge is 0.567 e. The smallest absolute Gasteiger partial charge is 0.394 e. The molecule has 1 rings (SSSR count). The summed E-state index contributed by atoms with van der Waals surface area (Å²) in [6.07, 6.45) is -9.56. The van der Waals surface area contributed by atoms with E-state index >= 15 is 0 Å². The first-order valence-electron chi connectivity index (χ1n) is 6.19. The molecule has 8 N–H and O–H groups in total. The molecule has 1 fully saturated rings. The van der Waals surface area contributed by atoms with Crippen LogP contribution in [0.4, 0.5) is 0 Å². The minimum atomic E-state index is -5.35. The second-order valence-electron chi connectivity index (χ2n) is 4.67. The summed E-state index contributed by atoms with van der Waals surface area (Å²) in [5, 5.41) is 9.26. The van der Waals surface area contributed by atoms with Crippen molar-refractivity contribution in [1.82, 2.24) is 0 Å². The van der Waals surface area contributed by atoms with Gasteiger partial charge in [0.05, 0.1) is 6.61 Å². The third kappa shape index (κ3) is 7.87. The molecular formula is C7H18O15P3+. The van der Waals surface area contributed by atoms with Crippen LogP contribution in [0.1, 0.15) is 0 Å². The Morgan fingerprint density at radius 3 is 1.80 bits per heavy atom. The number of hydrogen-bond donors (Lipinski definition) is 8. The van der Waals surface area contributed by atoms with Crippen molar-refractivity contribution in [2.75, 3.05) is 13.7 Å². The molecule has 150 valence electrons. The molecule has 0 radical (unpaired) electrons. The highest BCUT2D eigenvalue weighted by Gasteiger charge is 2.57. The van der Waals surface area contributed by atoms with E-state index < -0.39 is 61.1 Å². The zero-order valence-corrected chi connectivity index (χ0v) is 15.1. The molecule has 1 aliphatic heterocycles. The zero-order chi connectivity index (χ0) is 19.6. The molecule has 0 saturated carbocycles. The first-order chi connectivity index (χ1) is 11.2. The Bertz CT molecular complexity index is 522. The van der Waals surface area contributed by atoms with Crippen LogP contribution in [0.3, 0.4) is 0 Å². The Balaban J connectivity index is 3.32. The number of ether oxygens (including phenoxy) is 2. The van der Waals surface area contributed by atoms with Crippen LogP contribution in [0.25, 0.3) is 0 Å². The van der Waals surface area contributed by atoms with Crippen molar-refractivity contribution < 1.29 is 71.5 Å². The van der Waals surface area contributed by atoms with Crippen LogP contribution in [0.15, 0.2) is 0 Å². The fraction of sp³-hybridized carbons (Fsp3) is 1.00. The van der Waals surface area contributed by atoms with Gasteiger partial charge in [0.25, 0.3) is 0 Å². The molecule has 0 aliphatic carbocycles. The Morgan fingerprint density at radius 1 is 0.960 bits per heavy atom. The lowest BCUT2D eigenvalue weighted by Crippen LogP contribution is -2.61. The normalized spacial score (nSPS) is 32.0. The standard InChI is InChI=1S/C7H17O15P3/c1-18-7-6(22-25(15,16)17)5(21-24(12,13)14)4(3(2-8)19-7)20-23(9,10)11/h3-8,15-17H,2H2,1H3,(H3-,9,10,11,12,13,14)/p+1/t3?,4-,5?,6+,7+/m1/s1. The van der Waals surface area contributed by atoms with E-state index in [1.54, 1.807) is 0 Å². The maximum Gasteiger partial charge on any atom is 0.567 e. The van der Waals surface area contributed by atoms with Gasteiger partial charge in [-0.1, -0.05) is 0 Å². The third-order valence-corrected chi connectivity index (χ3v) is 4.35. The number of aliphatic hydroxyl groups excluding tert-OH is 1. The van der Waals surface area contributed by atoms with Crippen molar-refractivity contribution in [3.63, 3.8) is 0 Å². The lowest BCUT2D eigenvalue weighted by atomic mass is 9.99. The van der Waals surface area contributed by atoms with Crippen LogP contribution in [0.5, 0.6) is 0 Å². The average Bonchev–Trinajstić information content (AvgIpc) is 2.38. The van der Waals surface area contributed by atoms with E-state index in [4.69, 9.17) is 43.7 Å². The van der Waals surface area contributed by atoms with E-state index in [0.29, 0.717) is 0 Å². The van der Waals surface area contributed by atoms with Gasteiger partial charge in [0.1, 0.15) is 18.3 Å². The fourth-order valence-electron chi connectivity index (χ4n) is 2.06. The van der Waals surface area contributed by atoms with Gasteiger partial charge in [0.15, 0.2) is 12.4 Å². The van der Waals surface area contributed by atoms with Gasteiger partial charge >= 0.3 is 23.8 Å². The van der Waals surface area contributed by atoms with E-state index in [0.717, 1.165) is 7.11 Å². The van der Waals surface area contributed by atoms with Crippen LogP contribution in [-0.4, -0.2) is 83.8 Å². The average molecular weight is 435 g/mol. The van der Waals surface area contributed by atoms with Crippen LogP contribution in [-0.2, 0) is 32.2 Å². The van der Waals surface area contributed by atoms with E-state index in [2.05, 4.69) is 13.6 Å². The van der Waals surface area contributed by atoms with Crippen molar-refractivity contribution >= 4 is 23.8 Å². The summed E-state index contributed by atoms with van der Waals surface area (Å²) in [7, 11) is -14.7. The number of hydrogen-bond acceptors (Lipinski definition) is 11. The lowest BCUT2D eigenvalue weighted by molar-refractivity contribution is -0.286. The lowest BCUT2D eigenvalue weighted by Gasteiger charge is -2.43. The Labute approximate surface area is 140 Å². The topological polar surface area (TPSA) is 242 Å². The summed E-state index contributed by atoms with van der Waals surface area (Å²) in [4.78, 5) is 62.9. The van der Waals surface area contributed by atoms with Crippen LogP contribution >= 0.6 is 23.8 Å². The summed E-state index contributed by atoms with van der Waals surface area (Å²) >= 11 is 0. The third-order valence-electron chi connectivity index (χ3n) is 2.78. The highest BCUT2D eigenvalue weighted by Crippen LogP contribution is 2.53. The molecule has 0 aromatic heterocycles. The van der Waals surface area contributed by atoms with E-state index in [-0.39, 0.29) is 0 Å². The predicted molar refractivity (Wildman–Crippen MR) is 75.0 cm³/mol. The van der Waals surface area contributed by atoms with Gasteiger partial charge in [-0.15, -0.1) is 4.52 Å². The molecule has 1 heterocycles. The first-order valence-corrected chi connectivity index (χ1v) is 10.8. The molecule has 0 amide bonds. The van der Waals surface area contributed by atoms with Gasteiger partial charge in [-0.3, -0.25) is 9.05 Å². The van der Waals surface area contributed by atoms with Gasteiger partial charge in [-0.05, 0) is 0 Å². The number of methoxy groups -OCH3 is 1. The minimum absolute atomic E-state index is 0.962. The second kappa shape index (κ2) is 8.59. The molecule has 1 aliphatic rings. The number of phosphoric ester groups is 2. The molecule has 25 heavy (non-hydrogen) atoms. The van der Waals surface area contributed by atoms with Gasteiger partial charge in [0, 0.05) is 7.11 Å². The quantitative estimate of drug-likeness (QED) is 0.181. The van der Waals surface area contributed by atoms with Crippen LogP contribution in [0.2, 0.25) is 0 Å². The fourth-order valence-corrected chi connectivity index (χ4v) is 3.73. The van der Waals surface area contributed by atoms with E-state index in [9.17, 15) is 14.2 Å². The van der Waals surface area contributed by atoms with Crippen molar-refractivity contribution in [3.05, 3.63) is 0 Å². The molecule has 18 heteroatoms. The van der Waals surface area contributed by atoms with Crippen molar-refractivity contribution in [3.8, 4) is 0 Å². The molecule has 2 unspecified atom stereocenters. The van der Waals surface area contributed by atoms with E-state index in [1.807, 2.05) is 0 Å². The minimum Gasteiger partial charge on any atom is -0.394 e. The first kappa shape index (κ1) is 23.4. The summed E-state index contributed by atoms with van der Waals surface area (Å²) in [5.74, 6) is 0. The van der Waals surface area contributed by atoms with Crippen LogP contribution in [0, 0.1) is 0 Å². The molecule has 1 saturated heterocycles. The maximum atomic E-state index is 11.2. The number of rotatable bonds is 8. The van der Waals surface area contributed by atoms with Gasteiger partial charge in [-0.2, -0.15) is 14.7 Å². The molecule has 5 atom stereocenters. The Hall–Kier alpha value is 0.370. The van der Waals surface area contributed by atoms with Gasteiger partial charge in [0.2, 0.25) is 0 Å².